The van der Waals surface area contributed by atoms with Crippen LogP contribution in [0, 0.1) is 5.92 Å². The quantitative estimate of drug-likeness (QED) is 0.604. The van der Waals surface area contributed by atoms with Crippen molar-refractivity contribution < 1.29 is 19.8 Å². The summed E-state index contributed by atoms with van der Waals surface area (Å²) in [5, 5.41) is 20.6. The van der Waals surface area contributed by atoms with Crippen LogP contribution >= 0.6 is 0 Å². The number of aliphatic carboxylic acids is 1. The second-order valence-electron chi connectivity index (χ2n) is 5.15. The first kappa shape index (κ1) is 15.8. The number of carbonyl (C=O) groups excluding carboxylic acids is 1. The first-order valence-electron chi connectivity index (χ1n) is 6.93. The molecule has 19 heavy (non-hydrogen) atoms. The first-order chi connectivity index (χ1) is 9.06. The van der Waals surface area contributed by atoms with Gasteiger partial charge in [-0.1, -0.05) is 13.3 Å². The molecule has 1 aliphatic heterocycles. The van der Waals surface area contributed by atoms with E-state index in [0.717, 1.165) is 19.3 Å². The van der Waals surface area contributed by atoms with Crippen LogP contribution in [0.5, 0.6) is 0 Å². The van der Waals surface area contributed by atoms with E-state index in [1.165, 1.54) is 0 Å². The lowest BCUT2D eigenvalue weighted by atomic mass is 10.0. The molecule has 1 aliphatic rings. The fraction of sp³-hybridized carbons (Fsp3) is 0.846. The van der Waals surface area contributed by atoms with Crippen LogP contribution in [0.2, 0.25) is 0 Å². The van der Waals surface area contributed by atoms with Gasteiger partial charge >= 0.3 is 12.0 Å². The van der Waals surface area contributed by atoms with Crippen LogP contribution < -0.4 is 5.32 Å². The van der Waals surface area contributed by atoms with Crippen molar-refractivity contribution in [1.82, 2.24) is 10.2 Å². The van der Waals surface area contributed by atoms with E-state index in [1.807, 2.05) is 6.92 Å². The maximum atomic E-state index is 11.9. The molecule has 0 aromatic rings. The number of likely N-dealkylation sites (tertiary alicyclic amines) is 1. The van der Waals surface area contributed by atoms with Gasteiger partial charge in [0.05, 0.1) is 12.6 Å². The summed E-state index contributed by atoms with van der Waals surface area (Å²) in [5.41, 5.74) is 0. The van der Waals surface area contributed by atoms with Gasteiger partial charge in [-0.3, -0.25) is 4.79 Å². The van der Waals surface area contributed by atoms with Gasteiger partial charge in [-0.05, 0) is 25.2 Å². The third-order valence-corrected chi connectivity index (χ3v) is 3.67. The molecule has 110 valence electrons. The first-order valence-corrected chi connectivity index (χ1v) is 6.93. The van der Waals surface area contributed by atoms with E-state index in [9.17, 15) is 14.7 Å². The average Bonchev–Trinajstić information content (AvgIpc) is 2.74. The molecule has 0 bridgehead atoms. The van der Waals surface area contributed by atoms with Crippen LogP contribution in [-0.4, -0.2) is 52.9 Å². The van der Waals surface area contributed by atoms with Crippen LogP contribution in [0.25, 0.3) is 0 Å². The molecule has 6 heteroatoms. The summed E-state index contributed by atoms with van der Waals surface area (Å²) in [5.74, 6) is -0.438. The molecule has 3 N–H and O–H groups in total. The highest BCUT2D eigenvalue weighted by Crippen LogP contribution is 2.23. The number of hydrogen-bond donors (Lipinski definition) is 3. The maximum absolute atomic E-state index is 11.9. The van der Waals surface area contributed by atoms with Crippen LogP contribution in [0.3, 0.4) is 0 Å². The summed E-state index contributed by atoms with van der Waals surface area (Å²) in [6, 6.07) is -0.200. The minimum atomic E-state index is -0.777. The molecule has 6 nitrogen and oxygen atoms in total. The van der Waals surface area contributed by atoms with Crippen molar-refractivity contribution >= 4 is 12.0 Å². The molecule has 0 radical (unpaired) electrons. The van der Waals surface area contributed by atoms with Crippen molar-refractivity contribution in [3.05, 3.63) is 0 Å². The maximum Gasteiger partial charge on any atom is 0.317 e. The summed E-state index contributed by atoms with van der Waals surface area (Å²) >= 11 is 0. The van der Waals surface area contributed by atoms with Crippen LogP contribution in [0.1, 0.15) is 39.0 Å². The number of aliphatic hydroxyl groups excluding tert-OH is 1. The van der Waals surface area contributed by atoms with E-state index in [4.69, 9.17) is 5.11 Å². The summed E-state index contributed by atoms with van der Waals surface area (Å²) < 4.78 is 0. The molecule has 0 aromatic carbocycles. The smallest absolute Gasteiger partial charge is 0.317 e. The van der Waals surface area contributed by atoms with Crippen molar-refractivity contribution in [1.29, 1.82) is 0 Å². The highest BCUT2D eigenvalue weighted by Gasteiger charge is 2.33. The Hall–Kier alpha value is -1.30. The number of carboxylic acid groups (broad SMARTS) is 1. The number of nitrogens with one attached hydrogen (secondary N) is 1. The Balaban J connectivity index is 2.15. The lowest BCUT2D eigenvalue weighted by Crippen LogP contribution is -2.45. The number of urea groups is 1. The minimum absolute atomic E-state index is 0.00714. The van der Waals surface area contributed by atoms with E-state index >= 15 is 0 Å². The van der Waals surface area contributed by atoms with Crippen LogP contribution in [-0.2, 0) is 4.79 Å². The van der Waals surface area contributed by atoms with Crippen molar-refractivity contribution in [2.45, 2.75) is 45.1 Å². The van der Waals surface area contributed by atoms with E-state index in [0.29, 0.717) is 25.4 Å². The third kappa shape index (κ3) is 5.06. The van der Waals surface area contributed by atoms with Gasteiger partial charge in [0, 0.05) is 19.5 Å². The topological polar surface area (TPSA) is 89.9 Å². The highest BCUT2D eigenvalue weighted by molar-refractivity contribution is 5.74. The number of carboxylic acids is 1. The van der Waals surface area contributed by atoms with Gasteiger partial charge in [-0.2, -0.15) is 0 Å². The number of nitrogens with zero attached hydrogens (tertiary/aromatic N) is 1. The zero-order valence-electron chi connectivity index (χ0n) is 11.5. The Kier molecular flexibility index (Phi) is 6.62. The monoisotopic (exact) mass is 272 g/mol. The third-order valence-electron chi connectivity index (χ3n) is 3.67. The van der Waals surface area contributed by atoms with Crippen molar-refractivity contribution in [2.75, 3.05) is 19.7 Å². The van der Waals surface area contributed by atoms with E-state index < -0.39 is 5.97 Å². The fourth-order valence-electron chi connectivity index (χ4n) is 2.41. The Morgan fingerprint density at radius 3 is 2.68 bits per heavy atom. The Morgan fingerprint density at radius 1 is 1.32 bits per heavy atom. The van der Waals surface area contributed by atoms with Gasteiger partial charge in [0.25, 0.3) is 0 Å². The molecule has 1 heterocycles. The summed E-state index contributed by atoms with van der Waals surface area (Å²) in [7, 11) is 0. The van der Waals surface area contributed by atoms with Gasteiger partial charge in [0.1, 0.15) is 0 Å². The largest absolute Gasteiger partial charge is 0.481 e. The number of carbonyl (C=O) groups is 2. The van der Waals surface area contributed by atoms with Gasteiger partial charge in [0.2, 0.25) is 0 Å². The number of amides is 2. The molecule has 0 spiro atoms. The normalized spacial score (nSPS) is 22.5. The Labute approximate surface area is 113 Å². The molecule has 2 amide bonds. The fourth-order valence-corrected chi connectivity index (χ4v) is 2.41. The molecule has 0 saturated carbocycles. The lowest BCUT2D eigenvalue weighted by Gasteiger charge is -2.25. The van der Waals surface area contributed by atoms with Crippen LogP contribution in [0.4, 0.5) is 4.79 Å². The molecular formula is C13H24N2O4. The Bertz CT molecular complexity index is 309. The number of hydrogen-bond acceptors (Lipinski definition) is 3. The molecule has 2 unspecified atom stereocenters. The predicted molar refractivity (Wildman–Crippen MR) is 70.9 cm³/mol. The summed E-state index contributed by atoms with van der Waals surface area (Å²) in [6.07, 6.45) is 3.34. The number of aliphatic hydroxyl groups is 1. The molecule has 1 saturated heterocycles. The molecule has 0 aliphatic carbocycles. The number of unbranched alkanes of at least 4 members (excludes halogenated alkanes) is 2. The predicted octanol–water partition coefficient (Wildman–Crippen LogP) is 1.04. The van der Waals surface area contributed by atoms with Gasteiger partial charge in [-0.15, -0.1) is 0 Å². The summed E-state index contributed by atoms with van der Waals surface area (Å²) in [6.45, 7) is 3.30. The van der Waals surface area contributed by atoms with E-state index in [-0.39, 0.29) is 25.1 Å². The molecule has 1 fully saturated rings. The van der Waals surface area contributed by atoms with E-state index in [2.05, 4.69) is 5.32 Å². The molecule has 0 aromatic heterocycles. The van der Waals surface area contributed by atoms with Crippen molar-refractivity contribution in [2.24, 2.45) is 5.92 Å². The van der Waals surface area contributed by atoms with Crippen molar-refractivity contribution in [3.63, 3.8) is 0 Å². The van der Waals surface area contributed by atoms with Gasteiger partial charge in [-0.25, -0.2) is 4.79 Å². The summed E-state index contributed by atoms with van der Waals surface area (Å²) in [4.78, 5) is 23.9. The zero-order valence-corrected chi connectivity index (χ0v) is 11.5. The minimum Gasteiger partial charge on any atom is -0.481 e. The molecule has 1 rings (SSSR count). The average molecular weight is 272 g/mol. The Morgan fingerprint density at radius 2 is 2.05 bits per heavy atom. The standard InChI is InChI=1S/C13H24N2O4/c1-10-6-8-15(11(10)9-16)13(19)14-7-4-2-3-5-12(17)18/h10-11,16H,2-9H2,1H3,(H,14,19)(H,17,18). The van der Waals surface area contributed by atoms with E-state index in [1.54, 1.807) is 4.90 Å². The van der Waals surface area contributed by atoms with Gasteiger partial charge in [0.15, 0.2) is 0 Å². The second kappa shape index (κ2) is 7.99. The SMILES string of the molecule is CC1CCN(C(=O)NCCCCCC(=O)O)C1CO. The zero-order chi connectivity index (χ0) is 14.3. The lowest BCUT2D eigenvalue weighted by molar-refractivity contribution is -0.137. The van der Waals surface area contributed by atoms with Crippen LogP contribution in [0.15, 0.2) is 0 Å². The second-order valence-corrected chi connectivity index (χ2v) is 5.15. The highest BCUT2D eigenvalue weighted by atomic mass is 16.4. The number of rotatable bonds is 7. The van der Waals surface area contributed by atoms with Crippen molar-refractivity contribution in [3.8, 4) is 0 Å². The van der Waals surface area contributed by atoms with Gasteiger partial charge < -0.3 is 20.4 Å². The molecular weight excluding hydrogens is 248 g/mol. The molecule has 2 atom stereocenters.